The Kier molecular flexibility index (Phi) is 4.09. The number of nitriles is 2. The molecule has 1 saturated heterocycles. The number of ether oxygens (including phenoxy) is 1. The highest BCUT2D eigenvalue weighted by atomic mass is 16.5. The van der Waals surface area contributed by atoms with Gasteiger partial charge in [0, 0.05) is 31.8 Å². The fourth-order valence-electron chi connectivity index (χ4n) is 3.53. The van der Waals surface area contributed by atoms with Gasteiger partial charge in [0.1, 0.15) is 29.1 Å². The molecule has 0 saturated carbocycles. The molecule has 4 rings (SSSR count). The summed E-state index contributed by atoms with van der Waals surface area (Å²) in [6.45, 7) is 3.53. The Morgan fingerprint density at radius 1 is 1.41 bits per heavy atom. The van der Waals surface area contributed by atoms with E-state index in [9.17, 15) is 5.26 Å². The number of nitrogens with zero attached hydrogens (tertiary/aromatic N) is 7. The summed E-state index contributed by atoms with van der Waals surface area (Å²) in [5, 5.41) is 27.0. The standard InChI is InChI=1S/C19H18N7O/c1-13-17(8-23-25(13)10-14-3-4-24(9-14)12-21)15-5-18(27-2)19-16(6-20)7-22-26(19)11-15/h5,7-8,10-11,14H,3-4,9H2,1-2H3/q+1/b25-10+. The van der Waals surface area contributed by atoms with Crippen molar-refractivity contribution in [3.8, 4) is 18.0 Å². The van der Waals surface area contributed by atoms with Crippen molar-refractivity contribution >= 4 is 23.5 Å². The van der Waals surface area contributed by atoms with Gasteiger partial charge in [0.05, 0.1) is 24.8 Å². The lowest BCUT2D eigenvalue weighted by Crippen LogP contribution is -2.16. The van der Waals surface area contributed by atoms with Crippen LogP contribution in [-0.4, -0.2) is 51.8 Å². The number of rotatable bonds is 3. The van der Waals surface area contributed by atoms with Crippen LogP contribution in [0.15, 0.2) is 29.3 Å². The van der Waals surface area contributed by atoms with Crippen LogP contribution in [0.25, 0.3) is 11.1 Å². The zero-order chi connectivity index (χ0) is 19.0. The number of allylic oxidation sites excluding steroid dienone is 2. The van der Waals surface area contributed by atoms with Crippen LogP contribution < -0.4 is 4.74 Å². The van der Waals surface area contributed by atoms with E-state index in [0.717, 1.165) is 36.3 Å². The van der Waals surface area contributed by atoms with Gasteiger partial charge in [0.2, 0.25) is 5.70 Å². The van der Waals surface area contributed by atoms with Crippen LogP contribution in [0, 0.1) is 28.7 Å². The van der Waals surface area contributed by atoms with Crippen molar-refractivity contribution in [3.63, 3.8) is 0 Å². The monoisotopic (exact) mass is 360 g/mol. The topological polar surface area (TPSA) is 92.7 Å². The predicted octanol–water partition coefficient (Wildman–Crippen LogP) is 1.83. The minimum Gasteiger partial charge on any atom is -0.494 e. The van der Waals surface area contributed by atoms with Gasteiger partial charge in [-0.15, -0.1) is 0 Å². The summed E-state index contributed by atoms with van der Waals surface area (Å²) >= 11 is 0. The molecule has 2 aliphatic rings. The minimum absolute atomic E-state index is 0.303. The molecule has 0 amide bonds. The second-order valence-electron chi connectivity index (χ2n) is 6.59. The molecule has 2 aromatic heterocycles. The van der Waals surface area contributed by atoms with E-state index in [1.807, 2.05) is 30.1 Å². The Morgan fingerprint density at radius 2 is 2.26 bits per heavy atom. The van der Waals surface area contributed by atoms with Crippen LogP contribution in [-0.2, 0) is 0 Å². The average Bonchev–Trinajstić information content (AvgIpc) is 3.40. The first-order chi connectivity index (χ1) is 13.1. The molecule has 8 nitrogen and oxygen atoms in total. The lowest BCUT2D eigenvalue weighted by Gasteiger charge is -2.07. The Labute approximate surface area is 156 Å². The summed E-state index contributed by atoms with van der Waals surface area (Å²) in [4.78, 5) is 1.77. The van der Waals surface area contributed by atoms with E-state index in [1.54, 1.807) is 16.5 Å². The van der Waals surface area contributed by atoms with Crippen molar-refractivity contribution in [2.45, 2.75) is 13.3 Å². The van der Waals surface area contributed by atoms with E-state index < -0.39 is 0 Å². The number of hydrazone groups is 1. The van der Waals surface area contributed by atoms with Gasteiger partial charge in [0.25, 0.3) is 0 Å². The predicted molar refractivity (Wildman–Crippen MR) is 99.2 cm³/mol. The zero-order valence-corrected chi connectivity index (χ0v) is 15.1. The number of fused-ring (bicyclic) bond motifs is 1. The summed E-state index contributed by atoms with van der Waals surface area (Å²) in [7, 11) is 1.58. The van der Waals surface area contributed by atoms with Crippen LogP contribution in [0.2, 0.25) is 0 Å². The molecule has 4 heterocycles. The third-order valence-electron chi connectivity index (χ3n) is 4.99. The van der Waals surface area contributed by atoms with Crippen molar-refractivity contribution in [1.29, 1.82) is 10.5 Å². The highest BCUT2D eigenvalue weighted by Gasteiger charge is 2.28. The molecule has 2 aliphatic heterocycles. The summed E-state index contributed by atoms with van der Waals surface area (Å²) in [6, 6.07) is 4.04. The average molecular weight is 360 g/mol. The van der Waals surface area contributed by atoms with E-state index in [1.165, 1.54) is 6.20 Å². The lowest BCUT2D eigenvalue weighted by atomic mass is 10.1. The molecular weight excluding hydrogens is 342 g/mol. The molecule has 0 spiro atoms. The number of likely N-dealkylation sites (tertiary alicyclic amines) is 1. The van der Waals surface area contributed by atoms with Gasteiger partial charge in [-0.05, 0) is 17.6 Å². The maximum absolute atomic E-state index is 9.25. The van der Waals surface area contributed by atoms with E-state index in [0.29, 0.717) is 22.7 Å². The van der Waals surface area contributed by atoms with Crippen LogP contribution in [0.1, 0.15) is 24.5 Å². The van der Waals surface area contributed by atoms with Crippen molar-refractivity contribution < 1.29 is 9.42 Å². The highest BCUT2D eigenvalue weighted by molar-refractivity contribution is 6.11. The van der Waals surface area contributed by atoms with E-state index >= 15 is 0 Å². The molecule has 0 N–H and O–H groups in total. The molecule has 134 valence electrons. The molecule has 1 atom stereocenters. The van der Waals surface area contributed by atoms with Gasteiger partial charge >= 0.3 is 0 Å². The third-order valence-corrected chi connectivity index (χ3v) is 4.99. The van der Waals surface area contributed by atoms with Gasteiger partial charge < -0.3 is 9.64 Å². The lowest BCUT2D eigenvalue weighted by molar-refractivity contribution is -0.473. The molecule has 27 heavy (non-hydrogen) atoms. The largest absolute Gasteiger partial charge is 0.494 e. The first kappa shape index (κ1) is 16.8. The number of hydrogen-bond acceptors (Lipinski definition) is 6. The second-order valence-corrected chi connectivity index (χ2v) is 6.59. The smallest absolute Gasteiger partial charge is 0.220 e. The Morgan fingerprint density at radius 3 is 2.96 bits per heavy atom. The molecule has 0 radical (unpaired) electrons. The Hall–Kier alpha value is -3.65. The van der Waals surface area contributed by atoms with E-state index in [-0.39, 0.29) is 0 Å². The minimum atomic E-state index is 0.303. The molecular formula is C19H18N7O+. The van der Waals surface area contributed by atoms with Crippen molar-refractivity contribution in [2.24, 2.45) is 11.0 Å². The summed E-state index contributed by atoms with van der Waals surface area (Å²) < 4.78 is 9.02. The summed E-state index contributed by atoms with van der Waals surface area (Å²) in [5.74, 6) is 0.899. The molecule has 1 unspecified atom stereocenters. The molecule has 1 fully saturated rings. The maximum Gasteiger partial charge on any atom is 0.220 e. The summed E-state index contributed by atoms with van der Waals surface area (Å²) in [6.07, 6.45) is 10.5. The maximum atomic E-state index is 9.25. The van der Waals surface area contributed by atoms with Crippen LogP contribution in [0.4, 0.5) is 0 Å². The van der Waals surface area contributed by atoms with E-state index in [4.69, 9.17) is 10.00 Å². The molecule has 0 aromatic carbocycles. The zero-order valence-electron chi connectivity index (χ0n) is 15.1. The number of aromatic nitrogens is 2. The first-order valence-electron chi connectivity index (χ1n) is 8.64. The molecule has 0 bridgehead atoms. The van der Waals surface area contributed by atoms with Crippen LogP contribution >= 0.6 is 0 Å². The molecule has 8 heteroatoms. The van der Waals surface area contributed by atoms with Gasteiger partial charge in [-0.1, -0.05) is 4.68 Å². The number of methoxy groups -OCH3 is 1. The van der Waals surface area contributed by atoms with Gasteiger partial charge in [0.15, 0.2) is 12.4 Å². The third kappa shape index (κ3) is 2.81. The van der Waals surface area contributed by atoms with Gasteiger partial charge in [-0.25, -0.2) is 4.52 Å². The molecule has 2 aromatic rings. The SMILES string of the molecule is COc1cc(C2=C(C)/[N+](=C\C3CCN(C#N)C3)N=C2)cn2ncc(C#N)c12. The fraction of sp³-hybridized carbons (Fsp3) is 0.316. The van der Waals surface area contributed by atoms with E-state index in [2.05, 4.69) is 28.7 Å². The van der Waals surface area contributed by atoms with Crippen LogP contribution in [0.5, 0.6) is 5.75 Å². The van der Waals surface area contributed by atoms with Gasteiger partial charge in [-0.3, -0.25) is 0 Å². The number of pyridine rings is 1. The Bertz CT molecular complexity index is 1090. The van der Waals surface area contributed by atoms with Crippen LogP contribution in [0.3, 0.4) is 0 Å². The van der Waals surface area contributed by atoms with Crippen molar-refractivity contribution in [2.75, 3.05) is 20.2 Å². The normalized spacial score (nSPS) is 20.5. The quantitative estimate of drug-likeness (QED) is 0.615. The highest BCUT2D eigenvalue weighted by Crippen LogP contribution is 2.30. The summed E-state index contributed by atoms with van der Waals surface area (Å²) in [5.41, 5.74) is 4.01. The van der Waals surface area contributed by atoms with Crippen molar-refractivity contribution in [3.05, 3.63) is 35.3 Å². The Balaban J connectivity index is 1.72. The second kappa shape index (κ2) is 6.58. The molecule has 0 aliphatic carbocycles. The van der Waals surface area contributed by atoms with Crippen molar-refractivity contribution in [1.82, 2.24) is 14.5 Å². The fourth-order valence-corrected chi connectivity index (χ4v) is 3.53. The van der Waals surface area contributed by atoms with Gasteiger partial charge in [-0.2, -0.15) is 15.6 Å². The first-order valence-corrected chi connectivity index (χ1v) is 8.64. The number of hydrogen-bond donors (Lipinski definition) is 0.